The fraction of sp³-hybridized carbons (Fsp3) is 0.571. The summed E-state index contributed by atoms with van der Waals surface area (Å²) in [5.41, 5.74) is 0.705. The number of piperidine rings is 1. The molecule has 0 aromatic heterocycles. The molecule has 1 heterocycles. The molecule has 0 amide bonds. The minimum absolute atomic E-state index is 0.193. The molecule has 1 aliphatic rings. The van der Waals surface area contributed by atoms with Crippen molar-refractivity contribution in [1.82, 2.24) is 0 Å². The first-order chi connectivity index (χ1) is 9.40. The fourth-order valence-corrected chi connectivity index (χ4v) is 2.70. The van der Waals surface area contributed by atoms with E-state index in [1.165, 1.54) is 0 Å². The van der Waals surface area contributed by atoms with Crippen LogP contribution in [0.25, 0.3) is 0 Å². The van der Waals surface area contributed by atoms with Crippen molar-refractivity contribution < 1.29 is 9.31 Å². The highest BCUT2D eigenvalue weighted by atomic mass is 19.1. The van der Waals surface area contributed by atoms with E-state index in [1.54, 1.807) is 25.1 Å². The highest BCUT2D eigenvalue weighted by Gasteiger charge is 2.24. The summed E-state index contributed by atoms with van der Waals surface area (Å²) < 4.78 is 14.2. The Hall–Kier alpha value is -1.85. The van der Waals surface area contributed by atoms with Gasteiger partial charge < -0.3 is 9.80 Å². The van der Waals surface area contributed by atoms with Gasteiger partial charge in [-0.15, -0.1) is 0 Å². The lowest BCUT2D eigenvalue weighted by Gasteiger charge is -2.33. The molecule has 0 saturated carbocycles. The number of nitrogens with zero attached hydrogens (tertiary/aromatic N) is 3. The summed E-state index contributed by atoms with van der Waals surface area (Å²) in [4.78, 5) is 14.1. The lowest BCUT2D eigenvalue weighted by atomic mass is 9.99. The maximum absolute atomic E-state index is 14.2. The number of rotatable bonds is 3. The van der Waals surface area contributed by atoms with Gasteiger partial charge in [-0.3, -0.25) is 10.1 Å². The van der Waals surface area contributed by atoms with Gasteiger partial charge in [-0.2, -0.15) is 0 Å². The number of anilines is 2. The Morgan fingerprint density at radius 1 is 1.45 bits per heavy atom. The molecule has 0 radical (unpaired) electrons. The molecule has 6 heteroatoms. The summed E-state index contributed by atoms with van der Waals surface area (Å²) in [6, 6.07) is 2.62. The zero-order valence-corrected chi connectivity index (χ0v) is 12.1. The molecule has 0 bridgehead atoms. The van der Waals surface area contributed by atoms with E-state index < -0.39 is 10.7 Å². The van der Waals surface area contributed by atoms with Gasteiger partial charge in [0.15, 0.2) is 5.82 Å². The van der Waals surface area contributed by atoms with Gasteiger partial charge in [0.2, 0.25) is 0 Å². The van der Waals surface area contributed by atoms with Gasteiger partial charge in [0.25, 0.3) is 5.69 Å². The van der Waals surface area contributed by atoms with Crippen LogP contribution in [0.1, 0.15) is 19.8 Å². The summed E-state index contributed by atoms with van der Waals surface area (Å²) in [6.45, 7) is 3.73. The van der Waals surface area contributed by atoms with Crippen molar-refractivity contribution in [1.29, 1.82) is 0 Å². The van der Waals surface area contributed by atoms with E-state index in [9.17, 15) is 14.5 Å². The summed E-state index contributed by atoms with van der Waals surface area (Å²) >= 11 is 0. The average molecular weight is 281 g/mol. The van der Waals surface area contributed by atoms with Crippen molar-refractivity contribution in [3.8, 4) is 0 Å². The Balaban J connectivity index is 2.43. The summed E-state index contributed by atoms with van der Waals surface area (Å²) in [5.74, 6) is -0.00227. The Bertz CT molecular complexity index is 519. The average Bonchev–Trinajstić information content (AvgIpc) is 2.37. The molecule has 0 aliphatic carbocycles. The van der Waals surface area contributed by atoms with Crippen molar-refractivity contribution in [2.45, 2.75) is 19.8 Å². The molecule has 5 nitrogen and oxygen atoms in total. The Morgan fingerprint density at radius 3 is 2.70 bits per heavy atom. The van der Waals surface area contributed by atoms with Crippen LogP contribution in [0, 0.1) is 21.8 Å². The van der Waals surface area contributed by atoms with Gasteiger partial charge in [0.1, 0.15) is 5.69 Å². The third-order valence-electron chi connectivity index (χ3n) is 3.72. The van der Waals surface area contributed by atoms with Crippen LogP contribution >= 0.6 is 0 Å². The second kappa shape index (κ2) is 5.64. The third kappa shape index (κ3) is 2.84. The van der Waals surface area contributed by atoms with E-state index in [2.05, 4.69) is 6.92 Å². The zero-order valence-electron chi connectivity index (χ0n) is 12.1. The smallest absolute Gasteiger partial charge is 0.295 e. The minimum Gasteiger partial charge on any atom is -0.372 e. The van der Waals surface area contributed by atoms with Crippen molar-refractivity contribution in [3.63, 3.8) is 0 Å². The van der Waals surface area contributed by atoms with Crippen LogP contribution in [-0.2, 0) is 0 Å². The third-order valence-corrected chi connectivity index (χ3v) is 3.72. The molecule has 1 aliphatic heterocycles. The zero-order chi connectivity index (χ0) is 14.9. The first-order valence-electron chi connectivity index (χ1n) is 6.80. The van der Waals surface area contributed by atoms with E-state index in [-0.39, 0.29) is 5.69 Å². The lowest BCUT2D eigenvalue weighted by Crippen LogP contribution is -2.35. The molecular formula is C14H20FN3O2. The second-order valence-electron chi connectivity index (χ2n) is 5.64. The van der Waals surface area contributed by atoms with E-state index in [4.69, 9.17) is 0 Å². The molecule has 110 valence electrons. The molecule has 2 rings (SSSR count). The Labute approximate surface area is 118 Å². The maximum Gasteiger partial charge on any atom is 0.295 e. The van der Waals surface area contributed by atoms with Crippen molar-refractivity contribution in [3.05, 3.63) is 28.1 Å². The monoisotopic (exact) mass is 281 g/mol. The molecule has 0 N–H and O–H groups in total. The highest BCUT2D eigenvalue weighted by Crippen LogP contribution is 2.35. The highest BCUT2D eigenvalue weighted by molar-refractivity contribution is 5.70. The van der Waals surface area contributed by atoms with E-state index >= 15 is 0 Å². The fourth-order valence-electron chi connectivity index (χ4n) is 2.70. The van der Waals surface area contributed by atoms with Crippen LogP contribution in [0.2, 0.25) is 0 Å². The largest absolute Gasteiger partial charge is 0.372 e. The standard InChI is InChI=1S/C14H20FN3O2/c1-10-5-4-6-17(9-10)12-8-13(16(2)3)14(18(19)20)7-11(12)15/h7-8,10H,4-6,9H2,1-3H3/t10-/m1/s1. The molecule has 1 atom stereocenters. The molecule has 1 saturated heterocycles. The predicted molar refractivity (Wildman–Crippen MR) is 78.0 cm³/mol. The first kappa shape index (κ1) is 14.6. The van der Waals surface area contributed by atoms with Crippen molar-refractivity contribution in [2.24, 2.45) is 5.92 Å². The van der Waals surface area contributed by atoms with Gasteiger partial charge in [0.05, 0.1) is 16.7 Å². The number of benzene rings is 1. The van der Waals surface area contributed by atoms with Gasteiger partial charge in [-0.05, 0) is 24.8 Å². The first-order valence-corrected chi connectivity index (χ1v) is 6.80. The quantitative estimate of drug-likeness (QED) is 0.631. The maximum atomic E-state index is 14.2. The van der Waals surface area contributed by atoms with Crippen molar-refractivity contribution in [2.75, 3.05) is 37.0 Å². The van der Waals surface area contributed by atoms with Gasteiger partial charge in [-0.25, -0.2) is 4.39 Å². The van der Waals surface area contributed by atoms with Crippen LogP contribution in [0.5, 0.6) is 0 Å². The van der Waals surface area contributed by atoms with Crippen molar-refractivity contribution >= 4 is 17.1 Å². The number of hydrogen-bond acceptors (Lipinski definition) is 4. The van der Waals surface area contributed by atoms with Gasteiger partial charge in [0, 0.05) is 27.2 Å². The Morgan fingerprint density at radius 2 is 2.15 bits per heavy atom. The molecule has 1 fully saturated rings. The van der Waals surface area contributed by atoms with Gasteiger partial charge >= 0.3 is 0 Å². The van der Waals surface area contributed by atoms with E-state index in [0.717, 1.165) is 32.0 Å². The second-order valence-corrected chi connectivity index (χ2v) is 5.64. The molecule has 0 spiro atoms. The van der Waals surface area contributed by atoms with E-state index in [1.807, 2.05) is 4.90 Å². The number of halogens is 1. The van der Waals surface area contributed by atoms with Gasteiger partial charge in [-0.1, -0.05) is 6.92 Å². The molecule has 0 unspecified atom stereocenters. The SMILES string of the molecule is C[C@@H]1CCCN(c2cc(N(C)C)c([N+](=O)[O-])cc2F)C1. The number of hydrogen-bond donors (Lipinski definition) is 0. The number of nitro benzene ring substituents is 1. The summed E-state index contributed by atoms with van der Waals surface area (Å²) in [7, 11) is 3.45. The minimum atomic E-state index is -0.541. The normalized spacial score (nSPS) is 19.0. The van der Waals surface area contributed by atoms with Crippen LogP contribution in [0.15, 0.2) is 12.1 Å². The molecule has 20 heavy (non-hydrogen) atoms. The molecular weight excluding hydrogens is 261 g/mol. The van der Waals surface area contributed by atoms with Crippen LogP contribution in [-0.4, -0.2) is 32.1 Å². The topological polar surface area (TPSA) is 49.6 Å². The Kier molecular flexibility index (Phi) is 4.11. The van der Waals surface area contributed by atoms with Crippen LogP contribution in [0.4, 0.5) is 21.5 Å². The molecule has 1 aromatic rings. The lowest BCUT2D eigenvalue weighted by molar-refractivity contribution is -0.384. The van der Waals surface area contributed by atoms with Crippen LogP contribution in [0.3, 0.4) is 0 Å². The van der Waals surface area contributed by atoms with Crippen LogP contribution < -0.4 is 9.80 Å². The predicted octanol–water partition coefficient (Wildman–Crippen LogP) is 3.04. The summed E-state index contributed by atoms with van der Waals surface area (Å²) in [5, 5.41) is 11.0. The van der Waals surface area contributed by atoms with E-state index in [0.29, 0.717) is 17.3 Å². The summed E-state index contributed by atoms with van der Waals surface area (Å²) in [6.07, 6.45) is 2.17. The molecule has 1 aromatic carbocycles. The number of nitro groups is 1.